The zero-order chi connectivity index (χ0) is 26.9. The summed E-state index contributed by atoms with van der Waals surface area (Å²) < 4.78 is 16.1. The van der Waals surface area contributed by atoms with Crippen molar-refractivity contribution >= 4 is 17.4 Å². The van der Waals surface area contributed by atoms with Crippen LogP contribution in [0, 0.1) is 17.0 Å². The number of allylic oxidation sites excluding steroid dienone is 3. The van der Waals surface area contributed by atoms with Crippen LogP contribution in [0.5, 0.6) is 11.5 Å². The fourth-order valence-corrected chi connectivity index (χ4v) is 5.20. The number of nitro groups is 1. The lowest BCUT2D eigenvalue weighted by Gasteiger charge is -2.36. The number of ether oxygens (including phenoxy) is 3. The smallest absolute Gasteiger partial charge is 0.336 e. The minimum atomic E-state index is -0.770. The SMILES string of the molecule is CCOC(=O)C1=C(C)NC2=C(C(=O)C[C@@H](c3ccc(OC)c(OC)c3)C2)[C@@H]1c1ccc(C)c([N+](=O)[O-])c1. The molecule has 37 heavy (non-hydrogen) atoms. The second-order valence-electron chi connectivity index (χ2n) is 9.16. The first-order chi connectivity index (χ1) is 17.7. The molecule has 0 saturated heterocycles. The number of ketones is 1. The molecule has 2 aromatic rings. The normalized spacial score (nSPS) is 19.2. The first kappa shape index (κ1) is 25.9. The number of methoxy groups -OCH3 is 2. The van der Waals surface area contributed by atoms with E-state index in [-0.39, 0.29) is 36.0 Å². The van der Waals surface area contributed by atoms with Gasteiger partial charge < -0.3 is 19.5 Å². The van der Waals surface area contributed by atoms with Gasteiger partial charge in [0.1, 0.15) is 0 Å². The third kappa shape index (κ3) is 4.81. The van der Waals surface area contributed by atoms with E-state index in [1.807, 2.05) is 18.2 Å². The zero-order valence-electron chi connectivity index (χ0n) is 21.5. The molecule has 1 heterocycles. The highest BCUT2D eigenvalue weighted by Gasteiger charge is 2.42. The fraction of sp³-hybridized carbons (Fsp3) is 0.357. The molecule has 0 radical (unpaired) electrons. The van der Waals surface area contributed by atoms with Gasteiger partial charge in [0.25, 0.3) is 5.69 Å². The van der Waals surface area contributed by atoms with Crippen LogP contribution in [0.15, 0.2) is 58.9 Å². The number of esters is 1. The average Bonchev–Trinajstić information content (AvgIpc) is 2.87. The van der Waals surface area contributed by atoms with Crippen LogP contribution in [0.3, 0.4) is 0 Å². The van der Waals surface area contributed by atoms with Gasteiger partial charge in [-0.1, -0.05) is 18.2 Å². The first-order valence-electron chi connectivity index (χ1n) is 12.1. The molecule has 2 aromatic carbocycles. The zero-order valence-corrected chi connectivity index (χ0v) is 21.5. The predicted octanol–water partition coefficient (Wildman–Crippen LogP) is 4.85. The number of dihydropyridines is 1. The number of benzene rings is 2. The summed E-state index contributed by atoms with van der Waals surface area (Å²) in [6.07, 6.45) is 0.740. The van der Waals surface area contributed by atoms with Crippen LogP contribution in [-0.4, -0.2) is 37.5 Å². The Morgan fingerprint density at radius 1 is 1.05 bits per heavy atom. The second kappa shape index (κ2) is 10.5. The number of carbonyl (C=O) groups is 2. The van der Waals surface area contributed by atoms with Crippen LogP contribution < -0.4 is 14.8 Å². The van der Waals surface area contributed by atoms with Crippen LogP contribution in [0.4, 0.5) is 5.69 Å². The molecule has 0 bridgehead atoms. The summed E-state index contributed by atoms with van der Waals surface area (Å²) in [5.74, 6) is -0.396. The van der Waals surface area contributed by atoms with Gasteiger partial charge in [0, 0.05) is 40.9 Å². The van der Waals surface area contributed by atoms with E-state index in [1.165, 1.54) is 6.07 Å². The molecule has 1 aliphatic heterocycles. The number of Topliss-reactive ketones (excluding diaryl/α,β-unsaturated/α-hetero) is 1. The maximum atomic E-state index is 13.7. The molecule has 194 valence electrons. The van der Waals surface area contributed by atoms with E-state index in [0.717, 1.165) is 5.56 Å². The Balaban J connectivity index is 1.82. The molecule has 0 aromatic heterocycles. The van der Waals surface area contributed by atoms with Gasteiger partial charge in [-0.15, -0.1) is 0 Å². The Kier molecular flexibility index (Phi) is 7.33. The summed E-state index contributed by atoms with van der Waals surface area (Å²) in [6, 6.07) is 10.4. The molecule has 0 spiro atoms. The Morgan fingerprint density at radius 2 is 1.76 bits per heavy atom. The van der Waals surface area contributed by atoms with Gasteiger partial charge in [-0.05, 0) is 56.4 Å². The lowest BCUT2D eigenvalue weighted by atomic mass is 9.71. The van der Waals surface area contributed by atoms with Crippen molar-refractivity contribution in [3.05, 3.63) is 85.7 Å². The topological polar surface area (TPSA) is 117 Å². The van der Waals surface area contributed by atoms with E-state index in [2.05, 4.69) is 5.32 Å². The summed E-state index contributed by atoms with van der Waals surface area (Å²) >= 11 is 0. The minimum Gasteiger partial charge on any atom is -0.493 e. The van der Waals surface area contributed by atoms with Crippen molar-refractivity contribution in [3.8, 4) is 11.5 Å². The third-order valence-corrected chi connectivity index (χ3v) is 6.97. The van der Waals surface area contributed by atoms with Crippen LogP contribution in [0.2, 0.25) is 0 Å². The number of aryl methyl sites for hydroxylation is 1. The molecule has 0 fully saturated rings. The third-order valence-electron chi connectivity index (χ3n) is 6.97. The number of nitrogens with one attached hydrogen (secondary N) is 1. The molecule has 1 N–H and O–H groups in total. The van der Waals surface area contributed by atoms with Gasteiger partial charge in [0.05, 0.1) is 31.3 Å². The van der Waals surface area contributed by atoms with E-state index in [0.29, 0.717) is 46.0 Å². The number of hydrogen-bond acceptors (Lipinski definition) is 8. The predicted molar refractivity (Wildman–Crippen MR) is 137 cm³/mol. The number of rotatable bonds is 7. The largest absolute Gasteiger partial charge is 0.493 e. The summed E-state index contributed by atoms with van der Waals surface area (Å²) in [5.41, 5.74) is 3.87. The second-order valence-corrected chi connectivity index (χ2v) is 9.16. The Hall–Kier alpha value is -4.14. The highest BCUT2D eigenvalue weighted by Crippen LogP contribution is 2.47. The molecule has 2 atom stereocenters. The Morgan fingerprint density at radius 3 is 2.41 bits per heavy atom. The van der Waals surface area contributed by atoms with Crippen molar-refractivity contribution in [1.82, 2.24) is 5.32 Å². The van der Waals surface area contributed by atoms with Crippen LogP contribution in [-0.2, 0) is 14.3 Å². The lowest BCUT2D eigenvalue weighted by Crippen LogP contribution is -2.36. The number of carbonyl (C=O) groups excluding carboxylic acids is 2. The molecule has 0 unspecified atom stereocenters. The molecule has 9 heteroatoms. The summed E-state index contributed by atoms with van der Waals surface area (Å²) in [7, 11) is 3.13. The van der Waals surface area contributed by atoms with Crippen molar-refractivity contribution < 1.29 is 28.7 Å². The van der Waals surface area contributed by atoms with Gasteiger partial charge >= 0.3 is 5.97 Å². The van der Waals surface area contributed by atoms with Crippen LogP contribution >= 0.6 is 0 Å². The monoisotopic (exact) mass is 506 g/mol. The standard InChI is InChI=1S/C28H30N2O7/c1-6-37-28(32)25-16(3)29-20-11-19(17-9-10-23(35-4)24(14-17)36-5)13-22(31)27(20)26(25)18-8-7-15(2)21(12-18)30(33)34/h7-10,12,14,19,26,29H,6,11,13H2,1-5H3/t19-,26+/m0/s1. The van der Waals surface area contributed by atoms with Crippen molar-refractivity contribution in [3.63, 3.8) is 0 Å². The number of nitro benzene ring substituents is 1. The van der Waals surface area contributed by atoms with E-state index in [1.54, 1.807) is 47.1 Å². The molecule has 1 aliphatic carbocycles. The van der Waals surface area contributed by atoms with Crippen molar-refractivity contribution in [2.45, 2.75) is 45.4 Å². The van der Waals surface area contributed by atoms with Gasteiger partial charge in [-0.25, -0.2) is 4.79 Å². The average molecular weight is 507 g/mol. The summed E-state index contributed by atoms with van der Waals surface area (Å²) in [5, 5.41) is 15.0. The molecular formula is C28H30N2O7. The highest BCUT2D eigenvalue weighted by atomic mass is 16.6. The molecule has 9 nitrogen and oxygen atoms in total. The Bertz CT molecular complexity index is 1340. The van der Waals surface area contributed by atoms with E-state index >= 15 is 0 Å². The minimum absolute atomic E-state index is 0.0643. The molecule has 2 aliphatic rings. The van der Waals surface area contributed by atoms with Gasteiger partial charge in [0.15, 0.2) is 17.3 Å². The van der Waals surface area contributed by atoms with Crippen LogP contribution in [0.1, 0.15) is 55.2 Å². The maximum absolute atomic E-state index is 13.7. The fourth-order valence-electron chi connectivity index (χ4n) is 5.20. The lowest BCUT2D eigenvalue weighted by molar-refractivity contribution is -0.385. The van der Waals surface area contributed by atoms with Crippen molar-refractivity contribution in [2.75, 3.05) is 20.8 Å². The van der Waals surface area contributed by atoms with E-state index in [9.17, 15) is 19.7 Å². The van der Waals surface area contributed by atoms with E-state index < -0.39 is 16.8 Å². The maximum Gasteiger partial charge on any atom is 0.336 e. The molecular weight excluding hydrogens is 476 g/mol. The summed E-state index contributed by atoms with van der Waals surface area (Å²) in [6.45, 7) is 5.29. The van der Waals surface area contributed by atoms with E-state index in [4.69, 9.17) is 14.2 Å². The molecule has 0 amide bonds. The number of nitrogens with zero attached hydrogens (tertiary/aromatic N) is 1. The van der Waals surface area contributed by atoms with Gasteiger partial charge in [-0.3, -0.25) is 14.9 Å². The summed E-state index contributed by atoms with van der Waals surface area (Å²) in [4.78, 5) is 38.0. The van der Waals surface area contributed by atoms with Crippen LogP contribution in [0.25, 0.3) is 0 Å². The quantitative estimate of drug-likeness (QED) is 0.322. The highest BCUT2D eigenvalue weighted by molar-refractivity contribution is 6.04. The molecule has 0 saturated carbocycles. The van der Waals surface area contributed by atoms with Gasteiger partial charge in [0.2, 0.25) is 0 Å². The number of hydrogen-bond donors (Lipinski definition) is 1. The van der Waals surface area contributed by atoms with Crippen molar-refractivity contribution in [1.29, 1.82) is 0 Å². The Labute approximate surface area is 215 Å². The first-order valence-corrected chi connectivity index (χ1v) is 12.1. The van der Waals surface area contributed by atoms with Gasteiger partial charge in [-0.2, -0.15) is 0 Å². The van der Waals surface area contributed by atoms with Crippen molar-refractivity contribution in [2.24, 2.45) is 0 Å². The molecule has 4 rings (SSSR count).